The van der Waals surface area contributed by atoms with Gasteiger partial charge in [-0.25, -0.2) is 4.98 Å². The van der Waals surface area contributed by atoms with Crippen LogP contribution in [0, 0.1) is 20.8 Å². The lowest BCUT2D eigenvalue weighted by molar-refractivity contribution is 0.0959. The zero-order valence-corrected chi connectivity index (χ0v) is 16.3. The van der Waals surface area contributed by atoms with E-state index in [0.29, 0.717) is 18.1 Å². The number of carbonyl (C=O) groups excluding carboxylic acids is 1. The van der Waals surface area contributed by atoms with Crippen molar-refractivity contribution in [3.05, 3.63) is 81.4 Å². The molecule has 0 atom stereocenters. The number of rotatable bonds is 4. The van der Waals surface area contributed by atoms with Gasteiger partial charge >= 0.3 is 0 Å². The maximum atomic E-state index is 13.5. The largest absolute Gasteiger partial charge is 0.451 e. The van der Waals surface area contributed by atoms with Crippen molar-refractivity contribution < 1.29 is 9.21 Å². The number of fused-ring (bicyclic) bond motifs is 1. The number of aryl methyl sites for hydroxylation is 3. The molecular formula is C22H20N2O2S. The SMILES string of the molecule is Cc1ccc2oc(C(=O)N(Cc3cccs3)c3ncccc3C)c(C)c2c1. The second-order valence-electron chi connectivity index (χ2n) is 6.67. The summed E-state index contributed by atoms with van der Waals surface area (Å²) in [5.74, 6) is 0.862. The molecule has 1 amide bonds. The lowest BCUT2D eigenvalue weighted by atomic mass is 10.1. The molecule has 0 unspecified atom stereocenters. The first-order chi connectivity index (χ1) is 13.0. The maximum Gasteiger partial charge on any atom is 0.295 e. The van der Waals surface area contributed by atoms with Crippen LogP contribution in [0.25, 0.3) is 11.0 Å². The minimum atomic E-state index is -0.170. The molecule has 0 aliphatic rings. The number of hydrogen-bond acceptors (Lipinski definition) is 4. The van der Waals surface area contributed by atoms with Crippen LogP contribution in [0.4, 0.5) is 5.82 Å². The Balaban J connectivity index is 1.81. The number of anilines is 1. The Kier molecular flexibility index (Phi) is 4.54. The van der Waals surface area contributed by atoms with E-state index in [0.717, 1.165) is 32.5 Å². The van der Waals surface area contributed by atoms with Crippen molar-refractivity contribution in [3.63, 3.8) is 0 Å². The molecule has 0 radical (unpaired) electrons. The Labute approximate surface area is 162 Å². The zero-order valence-electron chi connectivity index (χ0n) is 15.5. The van der Waals surface area contributed by atoms with Crippen LogP contribution in [0.3, 0.4) is 0 Å². The number of benzene rings is 1. The highest BCUT2D eigenvalue weighted by atomic mass is 32.1. The molecule has 0 aliphatic heterocycles. The molecule has 0 spiro atoms. The van der Waals surface area contributed by atoms with Crippen molar-refractivity contribution in [2.45, 2.75) is 27.3 Å². The number of thiophene rings is 1. The predicted octanol–water partition coefficient (Wildman–Crippen LogP) is 5.66. The molecule has 3 aromatic heterocycles. The van der Waals surface area contributed by atoms with E-state index in [1.54, 1.807) is 22.4 Å². The van der Waals surface area contributed by atoms with Gasteiger partial charge in [0.05, 0.1) is 6.54 Å². The van der Waals surface area contributed by atoms with Gasteiger partial charge in [0.25, 0.3) is 5.91 Å². The summed E-state index contributed by atoms with van der Waals surface area (Å²) in [4.78, 5) is 20.8. The molecule has 136 valence electrons. The number of furan rings is 1. The standard InChI is InChI=1S/C22H20N2O2S/c1-14-8-9-19-18(12-14)16(3)20(26-19)22(25)24(13-17-7-5-11-27-17)21-15(2)6-4-10-23-21/h4-12H,13H2,1-3H3. The molecule has 27 heavy (non-hydrogen) atoms. The molecule has 3 heterocycles. The van der Waals surface area contributed by atoms with Crippen LogP contribution < -0.4 is 4.90 Å². The van der Waals surface area contributed by atoms with Crippen molar-refractivity contribution in [1.82, 2.24) is 4.98 Å². The molecule has 0 saturated heterocycles. The highest BCUT2D eigenvalue weighted by molar-refractivity contribution is 7.09. The maximum absolute atomic E-state index is 13.5. The van der Waals surface area contributed by atoms with Gasteiger partial charge in [-0.1, -0.05) is 23.8 Å². The van der Waals surface area contributed by atoms with Gasteiger partial charge < -0.3 is 4.42 Å². The van der Waals surface area contributed by atoms with Crippen LogP contribution in [0.15, 0.2) is 58.5 Å². The molecule has 4 nitrogen and oxygen atoms in total. The summed E-state index contributed by atoms with van der Waals surface area (Å²) >= 11 is 1.62. The first kappa shape index (κ1) is 17.5. The van der Waals surface area contributed by atoms with Gasteiger partial charge in [0.1, 0.15) is 11.4 Å². The van der Waals surface area contributed by atoms with E-state index in [9.17, 15) is 4.79 Å². The van der Waals surface area contributed by atoms with E-state index in [1.165, 1.54) is 0 Å². The summed E-state index contributed by atoms with van der Waals surface area (Å²) in [6.45, 7) is 6.40. The first-order valence-corrected chi connectivity index (χ1v) is 9.68. The molecule has 0 bridgehead atoms. The molecule has 0 saturated carbocycles. The fourth-order valence-electron chi connectivity index (χ4n) is 3.22. The summed E-state index contributed by atoms with van der Waals surface area (Å²) in [5.41, 5.74) is 3.69. The van der Waals surface area contributed by atoms with Crippen molar-refractivity contribution in [2.24, 2.45) is 0 Å². The van der Waals surface area contributed by atoms with Gasteiger partial charge in [-0.2, -0.15) is 0 Å². The van der Waals surface area contributed by atoms with Gasteiger partial charge in [-0.05, 0) is 56.0 Å². The van der Waals surface area contributed by atoms with E-state index >= 15 is 0 Å². The van der Waals surface area contributed by atoms with E-state index in [4.69, 9.17) is 4.42 Å². The van der Waals surface area contributed by atoms with E-state index < -0.39 is 0 Å². The second kappa shape index (κ2) is 7.00. The third-order valence-corrected chi connectivity index (χ3v) is 5.52. The van der Waals surface area contributed by atoms with Crippen LogP contribution in [0.1, 0.15) is 32.1 Å². The molecule has 1 aromatic carbocycles. The summed E-state index contributed by atoms with van der Waals surface area (Å²) in [6.07, 6.45) is 1.71. The Hall–Kier alpha value is -2.92. The Morgan fingerprint density at radius 1 is 1.15 bits per heavy atom. The third kappa shape index (κ3) is 3.26. The van der Waals surface area contributed by atoms with Crippen molar-refractivity contribution in [2.75, 3.05) is 4.90 Å². The van der Waals surface area contributed by atoms with E-state index in [2.05, 4.69) is 11.1 Å². The minimum absolute atomic E-state index is 0.170. The second-order valence-corrected chi connectivity index (χ2v) is 7.70. The predicted molar refractivity (Wildman–Crippen MR) is 109 cm³/mol. The molecule has 0 N–H and O–H groups in total. The molecule has 4 rings (SSSR count). The van der Waals surface area contributed by atoms with Crippen LogP contribution in [-0.4, -0.2) is 10.9 Å². The Bertz CT molecular complexity index is 1110. The molecule has 0 aliphatic carbocycles. The molecule has 5 heteroatoms. The fraction of sp³-hybridized carbons (Fsp3) is 0.182. The number of aromatic nitrogens is 1. The van der Waals surface area contributed by atoms with Crippen LogP contribution in [0.5, 0.6) is 0 Å². The van der Waals surface area contributed by atoms with Crippen molar-refractivity contribution >= 4 is 34.0 Å². The fourth-order valence-corrected chi connectivity index (χ4v) is 3.92. The van der Waals surface area contributed by atoms with Crippen molar-refractivity contribution in [3.8, 4) is 0 Å². The van der Waals surface area contributed by atoms with Crippen LogP contribution >= 0.6 is 11.3 Å². The normalized spacial score (nSPS) is 11.1. The van der Waals surface area contributed by atoms with E-state index in [-0.39, 0.29) is 5.91 Å². The summed E-state index contributed by atoms with van der Waals surface area (Å²) < 4.78 is 5.96. The van der Waals surface area contributed by atoms with Gasteiger partial charge in [0, 0.05) is 22.0 Å². The Morgan fingerprint density at radius 3 is 2.74 bits per heavy atom. The number of amides is 1. The summed E-state index contributed by atoms with van der Waals surface area (Å²) in [5, 5.41) is 2.99. The van der Waals surface area contributed by atoms with Gasteiger partial charge in [-0.15, -0.1) is 11.3 Å². The molecular weight excluding hydrogens is 356 g/mol. The van der Waals surface area contributed by atoms with Gasteiger partial charge in [0.15, 0.2) is 5.76 Å². The van der Waals surface area contributed by atoms with Gasteiger partial charge in [0.2, 0.25) is 0 Å². The summed E-state index contributed by atoms with van der Waals surface area (Å²) in [7, 11) is 0. The average Bonchev–Trinajstić information content (AvgIpc) is 3.28. The Morgan fingerprint density at radius 2 is 2.00 bits per heavy atom. The lowest BCUT2D eigenvalue weighted by Gasteiger charge is -2.22. The highest BCUT2D eigenvalue weighted by Gasteiger charge is 2.26. The number of pyridine rings is 1. The lowest BCUT2D eigenvalue weighted by Crippen LogP contribution is -2.31. The van der Waals surface area contributed by atoms with Gasteiger partial charge in [-0.3, -0.25) is 9.69 Å². The molecule has 0 fully saturated rings. The van der Waals surface area contributed by atoms with Crippen molar-refractivity contribution in [1.29, 1.82) is 0 Å². The highest BCUT2D eigenvalue weighted by Crippen LogP contribution is 2.30. The number of nitrogens with zero attached hydrogens (tertiary/aromatic N) is 2. The first-order valence-electron chi connectivity index (χ1n) is 8.80. The number of carbonyl (C=O) groups is 1. The van der Waals surface area contributed by atoms with Crippen LogP contribution in [-0.2, 0) is 6.54 Å². The molecule has 4 aromatic rings. The average molecular weight is 376 g/mol. The summed E-state index contributed by atoms with van der Waals surface area (Å²) in [6, 6.07) is 13.8. The monoisotopic (exact) mass is 376 g/mol. The zero-order chi connectivity index (χ0) is 19.0. The van der Waals surface area contributed by atoms with E-state index in [1.807, 2.05) is 62.5 Å². The number of hydrogen-bond donors (Lipinski definition) is 0. The smallest absolute Gasteiger partial charge is 0.295 e. The third-order valence-electron chi connectivity index (χ3n) is 4.66. The quantitative estimate of drug-likeness (QED) is 0.461. The van der Waals surface area contributed by atoms with Crippen LogP contribution in [0.2, 0.25) is 0 Å². The minimum Gasteiger partial charge on any atom is -0.451 e. The topological polar surface area (TPSA) is 46.3 Å².